The van der Waals surface area contributed by atoms with Gasteiger partial charge in [-0.05, 0) is 43.5 Å². The minimum absolute atomic E-state index is 0. The molecule has 1 heterocycles. The van der Waals surface area contributed by atoms with Crippen molar-refractivity contribution >= 4 is 42.3 Å². The largest absolute Gasteiger partial charge is 0.441 e. The van der Waals surface area contributed by atoms with Crippen LogP contribution < -0.4 is 11.1 Å². The van der Waals surface area contributed by atoms with Crippen LogP contribution in [-0.2, 0) is 11.2 Å². The number of carbonyl (C=O) groups is 1. The summed E-state index contributed by atoms with van der Waals surface area (Å²) in [5.41, 5.74) is 6.36. The molecule has 0 aliphatic carbocycles. The maximum absolute atomic E-state index is 12.2. The number of hydrogen-bond donors (Lipinski definition) is 2. The molecule has 0 spiro atoms. The number of halogens is 3. The number of oxazole rings is 1. The molecule has 1 atom stereocenters. The molecule has 1 unspecified atom stereocenters. The van der Waals surface area contributed by atoms with Gasteiger partial charge in [-0.25, -0.2) is 4.98 Å². The van der Waals surface area contributed by atoms with Crippen molar-refractivity contribution in [3.63, 3.8) is 0 Å². The molecule has 1 aromatic heterocycles. The number of carbonyl (C=O) groups excluding carboxylic acids is 1. The van der Waals surface area contributed by atoms with Crippen molar-refractivity contribution in [2.45, 2.75) is 45.6 Å². The van der Waals surface area contributed by atoms with E-state index in [0.717, 1.165) is 12.0 Å². The van der Waals surface area contributed by atoms with E-state index >= 15 is 0 Å². The molecule has 0 saturated heterocycles. The minimum atomic E-state index is -0.379. The molecule has 0 bridgehead atoms. The average molecular weight is 437 g/mol. The van der Waals surface area contributed by atoms with Crippen LogP contribution in [0.1, 0.15) is 39.5 Å². The number of nitrogens with two attached hydrogens (primary N) is 1. The summed E-state index contributed by atoms with van der Waals surface area (Å²) in [6.07, 6.45) is 3.27. The lowest BCUT2D eigenvalue weighted by atomic mass is 9.90. The lowest BCUT2D eigenvalue weighted by Gasteiger charge is -2.31. The molecule has 0 fully saturated rings. The molecule has 0 radical (unpaired) electrons. The van der Waals surface area contributed by atoms with Crippen LogP contribution in [0.2, 0.25) is 5.02 Å². The Kier molecular flexibility index (Phi) is 11.0. The normalized spacial score (nSPS) is 12.7. The van der Waals surface area contributed by atoms with Crippen molar-refractivity contribution in [3.8, 4) is 11.3 Å². The van der Waals surface area contributed by atoms with Gasteiger partial charge in [-0.1, -0.05) is 25.4 Å². The van der Waals surface area contributed by atoms with Crippen LogP contribution in [0.5, 0.6) is 0 Å². The van der Waals surface area contributed by atoms with E-state index in [-0.39, 0.29) is 36.3 Å². The van der Waals surface area contributed by atoms with Crippen LogP contribution >= 0.6 is 36.4 Å². The molecule has 3 N–H and O–H groups in total. The summed E-state index contributed by atoms with van der Waals surface area (Å²) in [5, 5.41) is 3.71. The Morgan fingerprint density at radius 2 is 1.93 bits per heavy atom. The summed E-state index contributed by atoms with van der Waals surface area (Å²) < 4.78 is 5.72. The van der Waals surface area contributed by atoms with Crippen molar-refractivity contribution in [2.75, 3.05) is 6.54 Å². The molecule has 1 amide bonds. The first-order chi connectivity index (χ1) is 11.8. The van der Waals surface area contributed by atoms with Crippen LogP contribution in [0.25, 0.3) is 11.3 Å². The summed E-state index contributed by atoms with van der Waals surface area (Å²) in [4.78, 5) is 16.5. The standard InChI is InChI=1S/C19H26ClN3O2.2ClH/c1-13(2)10-19(3,12-21)23-17(24)8-9-18-22-11-16(25-18)14-4-6-15(20)7-5-14;;/h4-7,11,13H,8-10,12,21H2,1-3H3,(H,23,24);2*1H. The van der Waals surface area contributed by atoms with Crippen molar-refractivity contribution in [1.29, 1.82) is 0 Å². The lowest BCUT2D eigenvalue weighted by molar-refractivity contribution is -0.123. The van der Waals surface area contributed by atoms with Gasteiger partial charge in [0.05, 0.1) is 6.20 Å². The zero-order chi connectivity index (χ0) is 18.4. The van der Waals surface area contributed by atoms with E-state index in [1.54, 1.807) is 18.3 Å². The first kappa shape index (κ1) is 25.7. The molecule has 8 heteroatoms. The Labute approximate surface area is 178 Å². The number of hydrogen-bond acceptors (Lipinski definition) is 4. The zero-order valence-electron chi connectivity index (χ0n) is 15.8. The number of benzene rings is 1. The first-order valence-corrected chi connectivity index (χ1v) is 8.91. The van der Waals surface area contributed by atoms with Crippen molar-refractivity contribution in [3.05, 3.63) is 41.4 Å². The molecule has 2 aromatic rings. The highest BCUT2D eigenvalue weighted by molar-refractivity contribution is 6.30. The van der Waals surface area contributed by atoms with E-state index < -0.39 is 0 Å². The Morgan fingerprint density at radius 1 is 1.30 bits per heavy atom. The molecule has 0 aliphatic heterocycles. The third kappa shape index (κ3) is 8.09. The highest BCUT2D eigenvalue weighted by atomic mass is 35.5. The van der Waals surface area contributed by atoms with E-state index in [4.69, 9.17) is 21.8 Å². The van der Waals surface area contributed by atoms with Gasteiger partial charge < -0.3 is 15.5 Å². The van der Waals surface area contributed by atoms with Gasteiger partial charge in [-0.2, -0.15) is 0 Å². The average Bonchev–Trinajstić information content (AvgIpc) is 3.02. The maximum atomic E-state index is 12.2. The van der Waals surface area contributed by atoms with E-state index in [0.29, 0.717) is 42.0 Å². The van der Waals surface area contributed by atoms with Crippen LogP contribution in [0.3, 0.4) is 0 Å². The van der Waals surface area contributed by atoms with Crippen molar-refractivity contribution in [1.82, 2.24) is 10.3 Å². The molecule has 5 nitrogen and oxygen atoms in total. The Morgan fingerprint density at radius 3 is 2.48 bits per heavy atom. The summed E-state index contributed by atoms with van der Waals surface area (Å²) in [7, 11) is 0. The summed E-state index contributed by atoms with van der Waals surface area (Å²) >= 11 is 5.89. The quantitative estimate of drug-likeness (QED) is 0.631. The summed E-state index contributed by atoms with van der Waals surface area (Å²) in [6, 6.07) is 7.35. The number of aromatic nitrogens is 1. The second-order valence-corrected chi connectivity index (χ2v) is 7.47. The molecule has 152 valence electrons. The third-order valence-corrected chi connectivity index (χ3v) is 4.25. The summed E-state index contributed by atoms with van der Waals surface area (Å²) in [6.45, 7) is 6.63. The highest BCUT2D eigenvalue weighted by Gasteiger charge is 2.25. The van der Waals surface area contributed by atoms with Crippen LogP contribution in [-0.4, -0.2) is 23.0 Å². The van der Waals surface area contributed by atoms with E-state index in [1.165, 1.54) is 0 Å². The third-order valence-electron chi connectivity index (χ3n) is 4.00. The topological polar surface area (TPSA) is 81.1 Å². The van der Waals surface area contributed by atoms with Crippen LogP contribution in [0.4, 0.5) is 0 Å². The predicted molar refractivity (Wildman–Crippen MR) is 115 cm³/mol. The molecular weight excluding hydrogens is 409 g/mol. The monoisotopic (exact) mass is 435 g/mol. The van der Waals surface area contributed by atoms with E-state index in [2.05, 4.69) is 24.1 Å². The van der Waals surface area contributed by atoms with Gasteiger partial charge in [0.2, 0.25) is 5.91 Å². The van der Waals surface area contributed by atoms with Gasteiger partial charge >= 0.3 is 0 Å². The fourth-order valence-corrected chi connectivity index (χ4v) is 3.01. The summed E-state index contributed by atoms with van der Waals surface area (Å²) in [5.74, 6) is 1.62. The Balaban J connectivity index is 0.00000338. The second kappa shape index (κ2) is 11.5. The Hall–Kier alpha value is -1.27. The van der Waals surface area contributed by atoms with Gasteiger partial charge in [0.1, 0.15) is 0 Å². The number of aryl methyl sites for hydroxylation is 1. The molecule has 2 rings (SSSR count). The van der Waals surface area contributed by atoms with Crippen molar-refractivity contribution in [2.24, 2.45) is 11.7 Å². The predicted octanol–water partition coefficient (Wildman–Crippen LogP) is 4.65. The number of nitrogens with one attached hydrogen (secondary N) is 1. The van der Waals surface area contributed by atoms with Crippen molar-refractivity contribution < 1.29 is 9.21 Å². The SMILES string of the molecule is CC(C)CC(C)(CN)NC(=O)CCc1ncc(-c2ccc(Cl)cc2)o1.Cl.Cl. The zero-order valence-corrected chi connectivity index (χ0v) is 18.2. The first-order valence-electron chi connectivity index (χ1n) is 8.53. The number of nitrogens with zero attached hydrogens (tertiary/aromatic N) is 1. The second-order valence-electron chi connectivity index (χ2n) is 7.04. The molecule has 27 heavy (non-hydrogen) atoms. The van der Waals surface area contributed by atoms with Crippen LogP contribution in [0, 0.1) is 5.92 Å². The van der Waals surface area contributed by atoms with Gasteiger partial charge in [-0.15, -0.1) is 24.8 Å². The minimum Gasteiger partial charge on any atom is -0.441 e. The fraction of sp³-hybridized carbons (Fsp3) is 0.474. The number of rotatable bonds is 8. The molecule has 0 saturated carbocycles. The fourth-order valence-electron chi connectivity index (χ4n) is 2.88. The van der Waals surface area contributed by atoms with E-state index in [1.807, 2.05) is 19.1 Å². The van der Waals surface area contributed by atoms with Gasteiger partial charge in [0.25, 0.3) is 0 Å². The molecule has 0 aliphatic rings. The van der Waals surface area contributed by atoms with Gasteiger partial charge in [0, 0.05) is 35.5 Å². The van der Waals surface area contributed by atoms with E-state index in [9.17, 15) is 4.79 Å². The van der Waals surface area contributed by atoms with Gasteiger partial charge in [-0.3, -0.25) is 4.79 Å². The van der Waals surface area contributed by atoms with Crippen LogP contribution in [0.15, 0.2) is 34.9 Å². The number of amides is 1. The lowest BCUT2D eigenvalue weighted by Crippen LogP contribution is -2.52. The Bertz CT molecular complexity index is 704. The van der Waals surface area contributed by atoms with Gasteiger partial charge in [0.15, 0.2) is 11.7 Å². The highest BCUT2D eigenvalue weighted by Crippen LogP contribution is 2.23. The molecule has 1 aromatic carbocycles. The smallest absolute Gasteiger partial charge is 0.220 e. The molecular formula is C19H28Cl3N3O2. The maximum Gasteiger partial charge on any atom is 0.220 e.